The van der Waals surface area contributed by atoms with E-state index in [1.54, 1.807) is 0 Å². The van der Waals surface area contributed by atoms with Crippen LogP contribution in [-0.2, 0) is 16.1 Å². The van der Waals surface area contributed by atoms with Gasteiger partial charge >= 0.3 is 0 Å². The van der Waals surface area contributed by atoms with Crippen molar-refractivity contribution < 1.29 is 9.53 Å². The van der Waals surface area contributed by atoms with Crippen molar-refractivity contribution in [3.63, 3.8) is 0 Å². The standard InChI is InChI=1S/C17H18BrN5O2/c18-12-3-4-13-11(10-12)5-7-23(13)8-6-15(24)19-17-20-16(21-22-17)14-2-1-9-25-14/h3-5,7,10,14H,1-2,6,8-9H2,(H2,19,20,21,22,24)/t14-/m1/s1. The molecule has 8 heteroatoms. The highest BCUT2D eigenvalue weighted by Crippen LogP contribution is 2.26. The van der Waals surface area contributed by atoms with Crippen molar-refractivity contribution in [1.82, 2.24) is 19.7 Å². The molecule has 1 amide bonds. The van der Waals surface area contributed by atoms with Crippen LogP contribution in [0.2, 0.25) is 0 Å². The number of aromatic nitrogens is 4. The number of anilines is 1. The Kier molecular flexibility index (Phi) is 4.54. The van der Waals surface area contributed by atoms with Gasteiger partial charge in [0.05, 0.1) is 0 Å². The van der Waals surface area contributed by atoms with E-state index in [0.29, 0.717) is 24.7 Å². The summed E-state index contributed by atoms with van der Waals surface area (Å²) in [5.74, 6) is 0.864. The Balaban J connectivity index is 1.35. The maximum Gasteiger partial charge on any atom is 0.248 e. The summed E-state index contributed by atoms with van der Waals surface area (Å²) in [7, 11) is 0. The van der Waals surface area contributed by atoms with Gasteiger partial charge in [0, 0.05) is 41.1 Å². The van der Waals surface area contributed by atoms with Crippen LogP contribution < -0.4 is 5.32 Å². The van der Waals surface area contributed by atoms with Crippen molar-refractivity contribution in [3.05, 3.63) is 40.8 Å². The third-order valence-corrected chi connectivity index (χ3v) is 4.79. The first kappa shape index (κ1) is 16.3. The van der Waals surface area contributed by atoms with Gasteiger partial charge in [-0.1, -0.05) is 15.9 Å². The van der Waals surface area contributed by atoms with Gasteiger partial charge in [0.15, 0.2) is 5.82 Å². The van der Waals surface area contributed by atoms with Crippen molar-refractivity contribution >= 4 is 38.7 Å². The number of nitrogens with one attached hydrogen (secondary N) is 2. The summed E-state index contributed by atoms with van der Waals surface area (Å²) in [6, 6.07) is 8.15. The summed E-state index contributed by atoms with van der Waals surface area (Å²) >= 11 is 3.47. The van der Waals surface area contributed by atoms with Gasteiger partial charge in [-0.3, -0.25) is 15.2 Å². The molecule has 1 fully saturated rings. The van der Waals surface area contributed by atoms with Gasteiger partial charge in [0.1, 0.15) is 6.10 Å². The molecule has 1 aromatic carbocycles. The molecule has 25 heavy (non-hydrogen) atoms. The molecule has 7 nitrogen and oxygen atoms in total. The summed E-state index contributed by atoms with van der Waals surface area (Å²) in [5, 5.41) is 10.8. The fourth-order valence-corrected chi connectivity index (χ4v) is 3.42. The summed E-state index contributed by atoms with van der Waals surface area (Å²) in [4.78, 5) is 16.5. The maximum atomic E-state index is 12.2. The van der Waals surface area contributed by atoms with E-state index in [1.165, 1.54) is 0 Å². The molecule has 0 bridgehead atoms. The third kappa shape index (κ3) is 3.59. The number of halogens is 1. The van der Waals surface area contributed by atoms with Crippen molar-refractivity contribution in [2.24, 2.45) is 0 Å². The van der Waals surface area contributed by atoms with Crippen LogP contribution in [0, 0.1) is 0 Å². The molecular formula is C17H18BrN5O2. The van der Waals surface area contributed by atoms with E-state index in [0.717, 1.165) is 34.8 Å². The van der Waals surface area contributed by atoms with E-state index < -0.39 is 0 Å². The smallest absolute Gasteiger partial charge is 0.248 e. The van der Waals surface area contributed by atoms with Crippen LogP contribution >= 0.6 is 15.9 Å². The summed E-state index contributed by atoms with van der Waals surface area (Å²) in [6.07, 6.45) is 4.26. The average molecular weight is 404 g/mol. The Morgan fingerprint density at radius 2 is 2.36 bits per heavy atom. The Hall–Kier alpha value is -2.19. The number of aromatic amines is 1. The number of carbonyl (C=O) groups is 1. The number of carbonyl (C=O) groups excluding carboxylic acids is 1. The van der Waals surface area contributed by atoms with Crippen LogP contribution in [0.1, 0.15) is 31.2 Å². The Bertz CT molecular complexity index is 897. The number of hydrogen-bond acceptors (Lipinski definition) is 4. The molecule has 3 aromatic rings. The Morgan fingerprint density at radius 3 is 3.20 bits per heavy atom. The zero-order valence-electron chi connectivity index (χ0n) is 13.5. The normalized spacial score (nSPS) is 17.2. The molecule has 130 valence electrons. The quantitative estimate of drug-likeness (QED) is 0.683. The molecule has 0 saturated carbocycles. The number of hydrogen-bond donors (Lipinski definition) is 2. The highest BCUT2D eigenvalue weighted by molar-refractivity contribution is 9.10. The predicted octanol–water partition coefficient (Wildman–Crippen LogP) is 3.40. The largest absolute Gasteiger partial charge is 0.370 e. The second-order valence-electron chi connectivity index (χ2n) is 6.06. The van der Waals surface area contributed by atoms with E-state index in [1.807, 2.05) is 24.4 Å². The lowest BCUT2D eigenvalue weighted by Crippen LogP contribution is -2.15. The van der Waals surface area contributed by atoms with Crippen molar-refractivity contribution in [2.75, 3.05) is 11.9 Å². The molecule has 1 atom stereocenters. The zero-order chi connectivity index (χ0) is 17.2. The van der Waals surface area contributed by atoms with Crippen LogP contribution in [-0.4, -0.2) is 32.3 Å². The van der Waals surface area contributed by atoms with E-state index in [9.17, 15) is 4.79 Å². The Labute approximate surface area is 152 Å². The SMILES string of the molecule is O=C(CCn1ccc2cc(Br)ccc21)Nc1n[nH]c([C@H]2CCCO2)n1. The lowest BCUT2D eigenvalue weighted by Gasteiger charge is -2.05. The minimum atomic E-state index is -0.114. The summed E-state index contributed by atoms with van der Waals surface area (Å²) in [6.45, 7) is 1.34. The van der Waals surface area contributed by atoms with Gasteiger partial charge in [-0.25, -0.2) is 0 Å². The first-order valence-electron chi connectivity index (χ1n) is 8.27. The molecule has 2 N–H and O–H groups in total. The van der Waals surface area contributed by atoms with Crippen LogP contribution in [0.25, 0.3) is 10.9 Å². The van der Waals surface area contributed by atoms with E-state index in [-0.39, 0.29) is 12.0 Å². The first-order chi connectivity index (χ1) is 12.2. The minimum Gasteiger partial charge on any atom is -0.370 e. The molecule has 2 aromatic heterocycles. The number of nitrogens with zero attached hydrogens (tertiary/aromatic N) is 3. The molecule has 0 radical (unpaired) electrons. The average Bonchev–Trinajstić information content (AvgIpc) is 3.33. The van der Waals surface area contributed by atoms with Crippen LogP contribution in [0.15, 0.2) is 34.9 Å². The number of benzene rings is 1. The molecule has 4 rings (SSSR count). The van der Waals surface area contributed by atoms with Gasteiger partial charge in [0.2, 0.25) is 11.9 Å². The van der Waals surface area contributed by atoms with Gasteiger partial charge in [-0.05, 0) is 37.1 Å². The lowest BCUT2D eigenvalue weighted by atomic mass is 10.2. The van der Waals surface area contributed by atoms with Gasteiger partial charge in [0.25, 0.3) is 0 Å². The van der Waals surface area contributed by atoms with Crippen LogP contribution in [0.5, 0.6) is 0 Å². The molecule has 1 aliphatic rings. The molecule has 1 aliphatic heterocycles. The highest BCUT2D eigenvalue weighted by atomic mass is 79.9. The van der Waals surface area contributed by atoms with Crippen molar-refractivity contribution in [1.29, 1.82) is 0 Å². The number of aryl methyl sites for hydroxylation is 1. The van der Waals surface area contributed by atoms with Gasteiger partial charge in [-0.2, -0.15) is 4.98 Å². The predicted molar refractivity (Wildman–Crippen MR) is 97.2 cm³/mol. The van der Waals surface area contributed by atoms with Crippen molar-refractivity contribution in [3.8, 4) is 0 Å². The zero-order valence-corrected chi connectivity index (χ0v) is 15.1. The second-order valence-corrected chi connectivity index (χ2v) is 6.97. The minimum absolute atomic E-state index is 0.0382. The fraction of sp³-hybridized carbons (Fsp3) is 0.353. The number of ether oxygens (including phenoxy) is 1. The molecule has 0 spiro atoms. The van der Waals surface area contributed by atoms with Crippen LogP contribution in [0.3, 0.4) is 0 Å². The maximum absolute atomic E-state index is 12.2. The molecule has 3 heterocycles. The second kappa shape index (κ2) is 6.97. The topological polar surface area (TPSA) is 84.8 Å². The van der Waals surface area contributed by atoms with Gasteiger partial charge < -0.3 is 9.30 Å². The Morgan fingerprint density at radius 1 is 1.44 bits per heavy atom. The van der Waals surface area contributed by atoms with E-state index >= 15 is 0 Å². The number of rotatable bonds is 5. The van der Waals surface area contributed by atoms with E-state index in [2.05, 4.69) is 47.1 Å². The summed E-state index contributed by atoms with van der Waals surface area (Å²) in [5.41, 5.74) is 1.11. The fourth-order valence-electron chi connectivity index (χ4n) is 3.04. The number of amides is 1. The van der Waals surface area contributed by atoms with Gasteiger partial charge in [-0.15, -0.1) is 5.10 Å². The van der Waals surface area contributed by atoms with Crippen molar-refractivity contribution in [2.45, 2.75) is 31.9 Å². The first-order valence-corrected chi connectivity index (χ1v) is 9.06. The molecule has 1 saturated heterocycles. The van der Waals surface area contributed by atoms with E-state index in [4.69, 9.17) is 4.74 Å². The molecule has 0 unspecified atom stereocenters. The molecule has 0 aliphatic carbocycles. The monoisotopic (exact) mass is 403 g/mol. The highest BCUT2D eigenvalue weighted by Gasteiger charge is 2.21. The summed E-state index contributed by atoms with van der Waals surface area (Å²) < 4.78 is 8.66. The number of fused-ring (bicyclic) bond motifs is 1. The lowest BCUT2D eigenvalue weighted by molar-refractivity contribution is -0.116. The molecular weight excluding hydrogens is 386 g/mol. The van der Waals surface area contributed by atoms with Crippen LogP contribution in [0.4, 0.5) is 5.95 Å². The number of H-pyrrole nitrogens is 1. The third-order valence-electron chi connectivity index (χ3n) is 4.30.